The zero-order chi connectivity index (χ0) is 24.7. The van der Waals surface area contributed by atoms with Crippen LogP contribution in [0.3, 0.4) is 0 Å². The van der Waals surface area contributed by atoms with Gasteiger partial charge in [0, 0.05) is 14.2 Å². The van der Waals surface area contributed by atoms with Crippen LogP contribution >= 0.6 is 0 Å². The zero-order valence-electron chi connectivity index (χ0n) is 22.6. The summed E-state index contributed by atoms with van der Waals surface area (Å²) in [6.45, 7) is 14.8. The molecule has 0 saturated heterocycles. The third-order valence-corrected chi connectivity index (χ3v) is 14.1. The first-order chi connectivity index (χ1) is 16.0. The molecule has 0 bridgehead atoms. The average molecular weight is 491 g/mol. The van der Waals surface area contributed by atoms with E-state index in [0.29, 0.717) is 31.3 Å². The molecule has 4 rings (SSSR count). The van der Waals surface area contributed by atoms with Gasteiger partial charge in [-0.15, -0.1) is 0 Å². The molecule has 2 fully saturated rings. The van der Waals surface area contributed by atoms with Crippen LogP contribution in [0.1, 0.15) is 70.4 Å². The molecule has 2 saturated carbocycles. The summed E-state index contributed by atoms with van der Waals surface area (Å²) >= 11 is 0. The Morgan fingerprint density at radius 1 is 1.06 bits per heavy atom. The van der Waals surface area contributed by atoms with Gasteiger partial charge in [-0.1, -0.05) is 33.8 Å². The number of methoxy groups -OCH3 is 2. The summed E-state index contributed by atoms with van der Waals surface area (Å²) in [5, 5.41) is 0.183. The number of ether oxygens (including phenoxy) is 4. The Balaban J connectivity index is 1.59. The van der Waals surface area contributed by atoms with Crippen molar-refractivity contribution in [1.82, 2.24) is 0 Å². The average Bonchev–Trinajstić information content (AvgIpc) is 3.05. The Morgan fingerprint density at radius 3 is 2.47 bits per heavy atom. The molecular formula is C28H46O5Si. The Morgan fingerprint density at radius 2 is 1.79 bits per heavy atom. The van der Waals surface area contributed by atoms with E-state index < -0.39 is 8.32 Å². The smallest absolute Gasteiger partial charge is 0.192 e. The second-order valence-electron chi connectivity index (χ2n) is 12.5. The third kappa shape index (κ3) is 4.73. The van der Waals surface area contributed by atoms with E-state index in [1.807, 2.05) is 0 Å². The van der Waals surface area contributed by atoms with E-state index in [-0.39, 0.29) is 22.7 Å². The van der Waals surface area contributed by atoms with E-state index in [2.05, 4.69) is 59.0 Å². The molecule has 0 unspecified atom stereocenters. The van der Waals surface area contributed by atoms with Gasteiger partial charge in [0.2, 0.25) is 0 Å². The molecule has 3 aliphatic rings. The fourth-order valence-electron chi connectivity index (χ4n) is 6.82. The first-order valence-corrected chi connectivity index (χ1v) is 16.0. The fraction of sp³-hybridized carbons (Fsp3) is 0.786. The molecule has 5 nitrogen and oxygen atoms in total. The molecular weight excluding hydrogens is 444 g/mol. The van der Waals surface area contributed by atoms with Crippen molar-refractivity contribution < 1.29 is 23.4 Å². The van der Waals surface area contributed by atoms with E-state index in [9.17, 15) is 0 Å². The van der Waals surface area contributed by atoms with Crippen molar-refractivity contribution in [3.63, 3.8) is 0 Å². The molecule has 0 radical (unpaired) electrons. The quantitative estimate of drug-likeness (QED) is 0.307. The lowest BCUT2D eigenvalue weighted by molar-refractivity contribution is -0.146. The predicted octanol–water partition coefficient (Wildman–Crippen LogP) is 6.51. The first-order valence-electron chi connectivity index (χ1n) is 13.0. The SMILES string of the molecule is COCOc1ccc2c(c1)CC[C@@H]1[C@@H]2CC[C@@]2(C)[C@H]1C[C@H](O[Si](C)(C)C(C)(C)C)[C@@H]2OCOC. The Kier molecular flexibility index (Phi) is 7.58. The van der Waals surface area contributed by atoms with E-state index in [4.69, 9.17) is 23.4 Å². The monoisotopic (exact) mass is 490 g/mol. The number of fused-ring (bicyclic) bond motifs is 5. The van der Waals surface area contributed by atoms with Crippen LogP contribution in [0.4, 0.5) is 0 Å². The van der Waals surface area contributed by atoms with Crippen LogP contribution in [0.2, 0.25) is 18.1 Å². The summed E-state index contributed by atoms with van der Waals surface area (Å²) in [4.78, 5) is 0. The second-order valence-corrected chi connectivity index (χ2v) is 17.3. The number of hydrogen-bond donors (Lipinski definition) is 0. The van der Waals surface area contributed by atoms with E-state index >= 15 is 0 Å². The van der Waals surface area contributed by atoms with Crippen LogP contribution in [-0.2, 0) is 25.1 Å². The molecule has 1 aromatic rings. The van der Waals surface area contributed by atoms with Crippen molar-refractivity contribution in [3.05, 3.63) is 29.3 Å². The summed E-state index contributed by atoms with van der Waals surface area (Å²) in [5.41, 5.74) is 3.12. The van der Waals surface area contributed by atoms with E-state index in [1.165, 1.54) is 30.4 Å². The highest BCUT2D eigenvalue weighted by Gasteiger charge is 2.60. The van der Waals surface area contributed by atoms with Crippen LogP contribution in [-0.4, -0.2) is 48.3 Å². The van der Waals surface area contributed by atoms with Gasteiger partial charge in [-0.2, -0.15) is 0 Å². The molecule has 0 amide bonds. The number of rotatable bonds is 8. The molecule has 0 heterocycles. The highest BCUT2D eigenvalue weighted by molar-refractivity contribution is 6.74. The van der Waals surface area contributed by atoms with Crippen molar-refractivity contribution in [1.29, 1.82) is 0 Å². The lowest BCUT2D eigenvalue weighted by atomic mass is 9.55. The first kappa shape index (κ1) is 26.1. The third-order valence-electron chi connectivity index (χ3n) is 9.57. The summed E-state index contributed by atoms with van der Waals surface area (Å²) in [5.74, 6) is 2.82. The van der Waals surface area contributed by atoms with Crippen molar-refractivity contribution in [2.45, 2.75) is 96.1 Å². The van der Waals surface area contributed by atoms with Gasteiger partial charge in [0.1, 0.15) is 12.5 Å². The number of benzene rings is 1. The fourth-order valence-corrected chi connectivity index (χ4v) is 8.15. The molecule has 3 aliphatic carbocycles. The zero-order valence-corrected chi connectivity index (χ0v) is 23.6. The second kappa shape index (κ2) is 9.85. The molecule has 192 valence electrons. The van der Waals surface area contributed by atoms with Crippen LogP contribution in [0, 0.1) is 17.3 Å². The van der Waals surface area contributed by atoms with Gasteiger partial charge in [0.15, 0.2) is 15.1 Å². The van der Waals surface area contributed by atoms with Gasteiger partial charge < -0.3 is 23.4 Å². The van der Waals surface area contributed by atoms with Crippen LogP contribution < -0.4 is 4.74 Å². The largest absolute Gasteiger partial charge is 0.468 e. The molecule has 1 aromatic carbocycles. The van der Waals surface area contributed by atoms with Gasteiger partial charge in [0.25, 0.3) is 0 Å². The van der Waals surface area contributed by atoms with Gasteiger partial charge in [-0.25, -0.2) is 0 Å². The highest BCUT2D eigenvalue weighted by Crippen LogP contribution is 2.62. The summed E-state index contributed by atoms with van der Waals surface area (Å²) in [6, 6.07) is 6.68. The van der Waals surface area contributed by atoms with E-state index in [1.54, 1.807) is 14.2 Å². The molecule has 6 heteroatoms. The van der Waals surface area contributed by atoms with Crippen LogP contribution in [0.5, 0.6) is 5.75 Å². The summed E-state index contributed by atoms with van der Waals surface area (Å²) in [7, 11) is 1.47. The maximum absolute atomic E-state index is 7.06. The van der Waals surface area contributed by atoms with Gasteiger partial charge >= 0.3 is 0 Å². The van der Waals surface area contributed by atoms with Crippen LogP contribution in [0.25, 0.3) is 0 Å². The lowest BCUT2D eigenvalue weighted by Crippen LogP contribution is -2.49. The van der Waals surface area contributed by atoms with Crippen molar-refractivity contribution in [2.24, 2.45) is 17.3 Å². The van der Waals surface area contributed by atoms with Gasteiger partial charge in [-0.3, -0.25) is 0 Å². The Hall–Kier alpha value is -0.923. The Labute approximate surface area is 208 Å². The highest BCUT2D eigenvalue weighted by atomic mass is 28.4. The molecule has 0 aromatic heterocycles. The minimum Gasteiger partial charge on any atom is -0.468 e. The minimum atomic E-state index is -1.91. The molecule has 6 atom stereocenters. The van der Waals surface area contributed by atoms with Gasteiger partial charge in [-0.05, 0) is 96.7 Å². The van der Waals surface area contributed by atoms with E-state index in [0.717, 1.165) is 18.6 Å². The maximum Gasteiger partial charge on any atom is 0.192 e. The standard InChI is InChI=1S/C28H46O5Si/c1-27(2,3)34(7,8)33-25-16-24-23-11-9-19-15-20(31-17-29-5)10-12-21(19)22(23)13-14-28(24,4)26(25)32-18-30-6/h10,12,15,22-26H,9,11,13-14,16-18H2,1-8H3/t22-,23-,24+,25+,26+,28+/m1/s1. The molecule has 0 aliphatic heterocycles. The number of aryl methyl sites for hydroxylation is 1. The minimum absolute atomic E-state index is 0.0961. The lowest BCUT2D eigenvalue weighted by Gasteiger charge is -2.50. The summed E-state index contributed by atoms with van der Waals surface area (Å²) in [6.07, 6.45) is 6.08. The van der Waals surface area contributed by atoms with Gasteiger partial charge in [0.05, 0.1) is 12.2 Å². The van der Waals surface area contributed by atoms with Crippen LogP contribution in [0.15, 0.2) is 18.2 Å². The van der Waals surface area contributed by atoms with Crippen molar-refractivity contribution in [3.8, 4) is 5.75 Å². The maximum atomic E-state index is 7.06. The molecule has 34 heavy (non-hydrogen) atoms. The molecule has 0 spiro atoms. The summed E-state index contributed by atoms with van der Waals surface area (Å²) < 4.78 is 29.7. The van der Waals surface area contributed by atoms with Crippen molar-refractivity contribution >= 4 is 8.32 Å². The molecule has 0 N–H and O–H groups in total. The number of hydrogen-bond acceptors (Lipinski definition) is 5. The topological polar surface area (TPSA) is 46.2 Å². The van der Waals surface area contributed by atoms with Crippen molar-refractivity contribution in [2.75, 3.05) is 27.8 Å². The Bertz CT molecular complexity index is 850. The normalized spacial score (nSPS) is 33.2. The predicted molar refractivity (Wildman–Crippen MR) is 138 cm³/mol.